The van der Waals surface area contributed by atoms with Crippen LogP contribution < -0.4 is 5.73 Å². The molecule has 1 aliphatic heterocycles. The summed E-state index contributed by atoms with van der Waals surface area (Å²) in [4.78, 5) is 18.5. The van der Waals surface area contributed by atoms with Crippen LogP contribution in [-0.4, -0.2) is 39.5 Å². The van der Waals surface area contributed by atoms with Crippen LogP contribution in [-0.2, 0) is 17.8 Å². The van der Waals surface area contributed by atoms with Crippen molar-refractivity contribution in [2.75, 3.05) is 13.1 Å². The predicted molar refractivity (Wildman–Crippen MR) is 85.3 cm³/mol. The van der Waals surface area contributed by atoms with E-state index in [1.54, 1.807) is 6.33 Å². The quantitative estimate of drug-likeness (QED) is 0.908. The Labute approximate surface area is 130 Å². The standard InChI is InChI=1S/C17H22N4O/c18-16(17(22)21-8-4-5-9-21)10-15-12-20(13-19-15)11-14-6-2-1-3-7-14/h1-3,6-7,12-13,16H,4-5,8-11,18H2/t16-/m0/s1. The van der Waals surface area contributed by atoms with Gasteiger partial charge in [0.15, 0.2) is 0 Å². The first-order chi connectivity index (χ1) is 10.7. The van der Waals surface area contributed by atoms with Crippen LogP contribution >= 0.6 is 0 Å². The molecule has 1 aromatic heterocycles. The molecule has 116 valence electrons. The van der Waals surface area contributed by atoms with Crippen LogP contribution in [0.25, 0.3) is 0 Å². The summed E-state index contributed by atoms with van der Waals surface area (Å²) in [6.07, 6.45) is 6.45. The van der Waals surface area contributed by atoms with Crippen LogP contribution in [0.2, 0.25) is 0 Å². The van der Waals surface area contributed by atoms with Crippen molar-refractivity contribution in [2.24, 2.45) is 5.73 Å². The second-order valence-corrected chi connectivity index (χ2v) is 5.87. The molecule has 0 spiro atoms. The number of aromatic nitrogens is 2. The number of hydrogen-bond acceptors (Lipinski definition) is 3. The molecule has 0 aliphatic carbocycles. The highest BCUT2D eigenvalue weighted by atomic mass is 16.2. The molecule has 22 heavy (non-hydrogen) atoms. The average molecular weight is 298 g/mol. The lowest BCUT2D eigenvalue weighted by Crippen LogP contribution is -2.43. The van der Waals surface area contributed by atoms with E-state index in [1.807, 2.05) is 33.9 Å². The van der Waals surface area contributed by atoms with Gasteiger partial charge in [0.05, 0.1) is 18.1 Å². The SMILES string of the molecule is N[C@@H](Cc1cn(Cc2ccccc2)cn1)C(=O)N1CCCC1. The van der Waals surface area contributed by atoms with Crippen LogP contribution in [0, 0.1) is 0 Å². The number of nitrogens with two attached hydrogens (primary N) is 1. The van der Waals surface area contributed by atoms with Gasteiger partial charge in [0.2, 0.25) is 5.91 Å². The zero-order valence-electron chi connectivity index (χ0n) is 12.7. The number of rotatable bonds is 5. The highest BCUT2D eigenvalue weighted by Crippen LogP contribution is 2.11. The van der Waals surface area contributed by atoms with Gasteiger partial charge in [-0.3, -0.25) is 4.79 Å². The number of benzene rings is 1. The maximum atomic E-state index is 12.2. The number of imidazole rings is 1. The maximum absolute atomic E-state index is 12.2. The van der Waals surface area contributed by atoms with E-state index in [0.717, 1.165) is 38.2 Å². The molecule has 1 aromatic carbocycles. The predicted octanol–water partition coefficient (Wildman–Crippen LogP) is 1.42. The molecule has 5 nitrogen and oxygen atoms in total. The summed E-state index contributed by atoms with van der Waals surface area (Å²) in [5.41, 5.74) is 8.15. The lowest BCUT2D eigenvalue weighted by atomic mass is 10.1. The third-order valence-corrected chi connectivity index (χ3v) is 4.06. The van der Waals surface area contributed by atoms with Crippen molar-refractivity contribution in [3.63, 3.8) is 0 Å². The van der Waals surface area contributed by atoms with Crippen molar-refractivity contribution in [2.45, 2.75) is 31.8 Å². The van der Waals surface area contributed by atoms with Gasteiger partial charge in [0, 0.05) is 32.3 Å². The van der Waals surface area contributed by atoms with Gasteiger partial charge in [-0.1, -0.05) is 30.3 Å². The first kappa shape index (κ1) is 14.8. The highest BCUT2D eigenvalue weighted by Gasteiger charge is 2.24. The average Bonchev–Trinajstić information content (AvgIpc) is 3.19. The molecule has 2 heterocycles. The summed E-state index contributed by atoms with van der Waals surface area (Å²) < 4.78 is 2.03. The molecule has 3 rings (SSSR count). The van der Waals surface area contributed by atoms with E-state index in [9.17, 15) is 4.79 Å². The van der Waals surface area contributed by atoms with Gasteiger partial charge in [-0.15, -0.1) is 0 Å². The van der Waals surface area contributed by atoms with Crippen LogP contribution in [0.1, 0.15) is 24.1 Å². The molecule has 1 aliphatic rings. The molecule has 1 fully saturated rings. The molecular weight excluding hydrogens is 276 g/mol. The number of carbonyl (C=O) groups is 1. The minimum absolute atomic E-state index is 0.0510. The molecule has 1 saturated heterocycles. The summed E-state index contributed by atoms with van der Waals surface area (Å²) in [6, 6.07) is 9.74. The fourth-order valence-corrected chi connectivity index (χ4v) is 2.88. The van der Waals surface area contributed by atoms with E-state index < -0.39 is 6.04 Å². The second-order valence-electron chi connectivity index (χ2n) is 5.87. The Morgan fingerprint density at radius 2 is 1.95 bits per heavy atom. The molecule has 0 saturated carbocycles. The van der Waals surface area contributed by atoms with Gasteiger partial charge < -0.3 is 15.2 Å². The van der Waals surface area contributed by atoms with E-state index in [4.69, 9.17) is 5.73 Å². The number of hydrogen-bond donors (Lipinski definition) is 1. The highest BCUT2D eigenvalue weighted by molar-refractivity contribution is 5.82. The summed E-state index contributed by atoms with van der Waals surface area (Å²) in [7, 11) is 0. The van der Waals surface area contributed by atoms with Gasteiger partial charge >= 0.3 is 0 Å². The molecule has 1 amide bonds. The van der Waals surface area contributed by atoms with Crippen LogP contribution in [0.3, 0.4) is 0 Å². The van der Waals surface area contributed by atoms with Crippen molar-refractivity contribution in [1.29, 1.82) is 0 Å². The van der Waals surface area contributed by atoms with E-state index in [1.165, 1.54) is 5.56 Å². The Kier molecular flexibility index (Phi) is 4.53. The third-order valence-electron chi connectivity index (χ3n) is 4.06. The van der Waals surface area contributed by atoms with Gasteiger partial charge in [-0.2, -0.15) is 0 Å². The minimum atomic E-state index is -0.488. The van der Waals surface area contributed by atoms with Gasteiger partial charge in [0.25, 0.3) is 0 Å². The molecule has 0 radical (unpaired) electrons. The number of carbonyl (C=O) groups excluding carboxylic acids is 1. The van der Waals surface area contributed by atoms with E-state index in [2.05, 4.69) is 17.1 Å². The van der Waals surface area contributed by atoms with Crippen molar-refractivity contribution < 1.29 is 4.79 Å². The fraction of sp³-hybridized carbons (Fsp3) is 0.412. The summed E-state index contributed by atoms with van der Waals surface area (Å²) in [6.45, 7) is 2.47. The smallest absolute Gasteiger partial charge is 0.239 e. The van der Waals surface area contributed by atoms with E-state index in [-0.39, 0.29) is 5.91 Å². The number of nitrogens with zero attached hydrogens (tertiary/aromatic N) is 3. The van der Waals surface area contributed by atoms with Crippen LogP contribution in [0.5, 0.6) is 0 Å². The molecular formula is C17H22N4O. The van der Waals surface area contributed by atoms with E-state index >= 15 is 0 Å². The Morgan fingerprint density at radius 1 is 1.23 bits per heavy atom. The van der Waals surface area contributed by atoms with Crippen LogP contribution in [0.4, 0.5) is 0 Å². The molecule has 5 heteroatoms. The largest absolute Gasteiger partial charge is 0.341 e. The van der Waals surface area contributed by atoms with Crippen molar-refractivity contribution >= 4 is 5.91 Å². The lowest BCUT2D eigenvalue weighted by Gasteiger charge is -2.19. The molecule has 2 N–H and O–H groups in total. The van der Waals surface area contributed by atoms with Gasteiger partial charge in [0.1, 0.15) is 0 Å². The Hall–Kier alpha value is -2.14. The zero-order chi connectivity index (χ0) is 15.4. The molecule has 0 bridgehead atoms. The van der Waals surface area contributed by atoms with Gasteiger partial charge in [-0.05, 0) is 18.4 Å². The summed E-state index contributed by atoms with van der Waals surface area (Å²) >= 11 is 0. The minimum Gasteiger partial charge on any atom is -0.341 e. The number of likely N-dealkylation sites (tertiary alicyclic amines) is 1. The first-order valence-corrected chi connectivity index (χ1v) is 7.81. The lowest BCUT2D eigenvalue weighted by molar-refractivity contribution is -0.131. The monoisotopic (exact) mass is 298 g/mol. The molecule has 2 aromatic rings. The summed E-state index contributed by atoms with van der Waals surface area (Å²) in [5, 5.41) is 0. The normalized spacial score (nSPS) is 16.0. The Balaban J connectivity index is 1.58. The Morgan fingerprint density at radius 3 is 2.68 bits per heavy atom. The molecule has 1 atom stereocenters. The fourth-order valence-electron chi connectivity index (χ4n) is 2.88. The second kappa shape index (κ2) is 6.75. The zero-order valence-corrected chi connectivity index (χ0v) is 12.7. The van der Waals surface area contributed by atoms with Crippen LogP contribution in [0.15, 0.2) is 42.9 Å². The van der Waals surface area contributed by atoms with E-state index in [0.29, 0.717) is 6.42 Å². The first-order valence-electron chi connectivity index (χ1n) is 7.81. The Bertz CT molecular complexity index is 617. The van der Waals surface area contributed by atoms with Crippen molar-refractivity contribution in [3.05, 3.63) is 54.1 Å². The van der Waals surface area contributed by atoms with Gasteiger partial charge in [-0.25, -0.2) is 4.98 Å². The van der Waals surface area contributed by atoms with Crippen molar-refractivity contribution in [3.8, 4) is 0 Å². The molecule has 0 unspecified atom stereocenters. The number of amides is 1. The van der Waals surface area contributed by atoms with Crippen molar-refractivity contribution in [1.82, 2.24) is 14.5 Å². The topological polar surface area (TPSA) is 64.2 Å². The summed E-state index contributed by atoms with van der Waals surface area (Å²) in [5.74, 6) is 0.0510. The maximum Gasteiger partial charge on any atom is 0.239 e. The third kappa shape index (κ3) is 3.54.